The molecule has 21 heavy (non-hydrogen) atoms. The number of amides is 2. The third-order valence-corrected chi connectivity index (χ3v) is 3.19. The second-order valence-corrected chi connectivity index (χ2v) is 4.84. The number of anilines is 1. The van der Waals surface area contributed by atoms with Gasteiger partial charge >= 0.3 is 0 Å². The van der Waals surface area contributed by atoms with Crippen molar-refractivity contribution in [3.05, 3.63) is 30.1 Å². The molecule has 6 nitrogen and oxygen atoms in total. The number of halogens is 1. The monoisotopic (exact) mass is 295 g/mol. The lowest BCUT2D eigenvalue weighted by Gasteiger charge is -2.12. The van der Waals surface area contributed by atoms with Crippen LogP contribution in [-0.2, 0) is 14.3 Å². The van der Waals surface area contributed by atoms with Gasteiger partial charge in [0, 0.05) is 12.2 Å². The topological polar surface area (TPSA) is 93.5 Å². The van der Waals surface area contributed by atoms with Crippen molar-refractivity contribution in [1.82, 2.24) is 5.32 Å². The fourth-order valence-electron chi connectivity index (χ4n) is 2.12. The van der Waals surface area contributed by atoms with Gasteiger partial charge in [0.1, 0.15) is 11.9 Å². The van der Waals surface area contributed by atoms with E-state index < -0.39 is 17.8 Å². The molecule has 0 radical (unpaired) electrons. The maximum atomic E-state index is 13.0. The zero-order valence-electron chi connectivity index (χ0n) is 11.5. The highest BCUT2D eigenvalue weighted by atomic mass is 19.1. The van der Waals surface area contributed by atoms with Gasteiger partial charge in [-0.2, -0.15) is 0 Å². The molecule has 1 heterocycles. The minimum Gasteiger partial charge on any atom is -0.364 e. The van der Waals surface area contributed by atoms with Crippen molar-refractivity contribution in [3.8, 4) is 0 Å². The number of carbonyl (C=O) groups excluding carboxylic acids is 2. The van der Waals surface area contributed by atoms with Crippen LogP contribution in [0.1, 0.15) is 12.8 Å². The second kappa shape index (κ2) is 7.14. The Morgan fingerprint density at radius 3 is 2.86 bits per heavy atom. The van der Waals surface area contributed by atoms with Gasteiger partial charge in [-0.05, 0) is 31.0 Å². The molecule has 0 spiro atoms. The summed E-state index contributed by atoms with van der Waals surface area (Å²) in [4.78, 5) is 23.5. The molecule has 114 valence electrons. The second-order valence-electron chi connectivity index (χ2n) is 4.84. The van der Waals surface area contributed by atoms with Crippen LogP contribution in [0.4, 0.5) is 10.1 Å². The SMILES string of the molecule is NC[C@H]1CC[C@@H](C(=O)NCC(=O)Nc2cccc(F)c2)O1. The summed E-state index contributed by atoms with van der Waals surface area (Å²) in [5, 5.41) is 4.99. The summed E-state index contributed by atoms with van der Waals surface area (Å²) in [6.07, 6.45) is 0.686. The lowest BCUT2D eigenvalue weighted by molar-refractivity contribution is -0.133. The Hall–Kier alpha value is -1.99. The van der Waals surface area contributed by atoms with Gasteiger partial charge in [-0.25, -0.2) is 4.39 Å². The molecule has 2 rings (SSSR count). The molecule has 0 bridgehead atoms. The number of hydrogen-bond acceptors (Lipinski definition) is 4. The summed E-state index contributed by atoms with van der Waals surface area (Å²) in [5.41, 5.74) is 5.81. The average molecular weight is 295 g/mol. The van der Waals surface area contributed by atoms with Crippen LogP contribution in [0.15, 0.2) is 24.3 Å². The number of nitrogens with two attached hydrogens (primary N) is 1. The number of hydrogen-bond donors (Lipinski definition) is 3. The molecule has 1 fully saturated rings. The Labute approximate surface area is 121 Å². The molecule has 1 aromatic rings. The fraction of sp³-hybridized carbons (Fsp3) is 0.429. The van der Waals surface area contributed by atoms with Crippen LogP contribution < -0.4 is 16.4 Å². The number of nitrogens with one attached hydrogen (secondary N) is 2. The standard InChI is InChI=1S/C14H18FN3O3/c15-9-2-1-3-10(6-9)18-13(19)8-17-14(20)12-5-4-11(7-16)21-12/h1-3,6,11-12H,4-5,7-8,16H2,(H,17,20)(H,18,19)/t11-,12+/m1/s1. The summed E-state index contributed by atoms with van der Waals surface area (Å²) in [6, 6.07) is 5.53. The lowest BCUT2D eigenvalue weighted by Crippen LogP contribution is -2.39. The zero-order chi connectivity index (χ0) is 15.2. The lowest BCUT2D eigenvalue weighted by atomic mass is 10.2. The first kappa shape index (κ1) is 15.4. The predicted molar refractivity (Wildman–Crippen MR) is 75.0 cm³/mol. The predicted octanol–water partition coefficient (Wildman–Crippen LogP) is 0.387. The molecule has 2 atom stereocenters. The van der Waals surface area contributed by atoms with Crippen LogP contribution in [0.5, 0.6) is 0 Å². The molecule has 1 aliphatic rings. The van der Waals surface area contributed by atoms with Crippen LogP contribution in [-0.4, -0.2) is 37.1 Å². The van der Waals surface area contributed by atoms with Gasteiger partial charge in [0.05, 0.1) is 12.6 Å². The van der Waals surface area contributed by atoms with Gasteiger partial charge in [0.2, 0.25) is 11.8 Å². The minimum atomic E-state index is -0.555. The fourth-order valence-corrected chi connectivity index (χ4v) is 2.12. The molecule has 1 aromatic carbocycles. The normalized spacial score (nSPS) is 21.0. The van der Waals surface area contributed by atoms with Gasteiger partial charge in [-0.15, -0.1) is 0 Å². The van der Waals surface area contributed by atoms with Crippen molar-refractivity contribution in [1.29, 1.82) is 0 Å². The maximum Gasteiger partial charge on any atom is 0.249 e. The smallest absolute Gasteiger partial charge is 0.249 e. The van der Waals surface area contributed by atoms with E-state index in [-0.39, 0.29) is 18.6 Å². The average Bonchev–Trinajstić information content (AvgIpc) is 2.94. The van der Waals surface area contributed by atoms with Gasteiger partial charge in [0.25, 0.3) is 0 Å². The molecule has 4 N–H and O–H groups in total. The first-order valence-corrected chi connectivity index (χ1v) is 6.77. The molecule has 7 heteroatoms. The third kappa shape index (κ3) is 4.51. The van der Waals surface area contributed by atoms with Crippen molar-refractivity contribution < 1.29 is 18.7 Å². The summed E-state index contributed by atoms with van der Waals surface area (Å²) in [5.74, 6) is -1.20. The maximum absolute atomic E-state index is 13.0. The van der Waals surface area contributed by atoms with E-state index in [1.807, 2.05) is 0 Å². The first-order valence-electron chi connectivity index (χ1n) is 6.77. The van der Waals surface area contributed by atoms with Crippen LogP contribution in [0.25, 0.3) is 0 Å². The van der Waals surface area contributed by atoms with E-state index in [1.54, 1.807) is 6.07 Å². The number of benzene rings is 1. The van der Waals surface area contributed by atoms with Crippen LogP contribution in [0, 0.1) is 5.82 Å². The number of ether oxygens (including phenoxy) is 1. The van der Waals surface area contributed by atoms with Gasteiger partial charge in [-0.1, -0.05) is 6.07 Å². The summed E-state index contributed by atoms with van der Waals surface area (Å²) in [7, 11) is 0. The van der Waals surface area contributed by atoms with Crippen molar-refractivity contribution >= 4 is 17.5 Å². The highest BCUT2D eigenvalue weighted by molar-refractivity contribution is 5.95. The van der Waals surface area contributed by atoms with Crippen LogP contribution in [0.2, 0.25) is 0 Å². The highest BCUT2D eigenvalue weighted by Gasteiger charge is 2.29. The third-order valence-electron chi connectivity index (χ3n) is 3.19. The van der Waals surface area contributed by atoms with E-state index in [0.717, 1.165) is 6.42 Å². The van der Waals surface area contributed by atoms with Gasteiger partial charge < -0.3 is 21.1 Å². The quantitative estimate of drug-likeness (QED) is 0.732. The van der Waals surface area contributed by atoms with Crippen molar-refractivity contribution in [3.63, 3.8) is 0 Å². The van der Waals surface area contributed by atoms with Crippen LogP contribution >= 0.6 is 0 Å². The van der Waals surface area contributed by atoms with E-state index in [2.05, 4.69) is 10.6 Å². The minimum absolute atomic E-state index is 0.0955. The van der Waals surface area contributed by atoms with E-state index in [1.165, 1.54) is 18.2 Å². The molecule has 0 unspecified atom stereocenters. The summed E-state index contributed by atoms with van der Waals surface area (Å²) < 4.78 is 18.4. The Bertz CT molecular complexity index is 524. The molecular formula is C14H18FN3O3. The molecular weight excluding hydrogens is 277 g/mol. The number of rotatable bonds is 5. The summed E-state index contributed by atoms with van der Waals surface area (Å²) >= 11 is 0. The van der Waals surface area contributed by atoms with Gasteiger partial charge in [0.15, 0.2) is 0 Å². The molecule has 0 saturated carbocycles. The molecule has 1 saturated heterocycles. The van der Waals surface area contributed by atoms with E-state index in [9.17, 15) is 14.0 Å². The van der Waals surface area contributed by atoms with Crippen molar-refractivity contribution in [2.75, 3.05) is 18.4 Å². The zero-order valence-corrected chi connectivity index (χ0v) is 11.5. The Kier molecular flexibility index (Phi) is 5.24. The molecule has 0 aliphatic carbocycles. The Balaban J connectivity index is 1.75. The molecule has 2 amide bonds. The van der Waals surface area contributed by atoms with Crippen molar-refractivity contribution in [2.24, 2.45) is 5.73 Å². The largest absolute Gasteiger partial charge is 0.364 e. The first-order chi connectivity index (χ1) is 10.1. The highest BCUT2D eigenvalue weighted by Crippen LogP contribution is 2.18. The van der Waals surface area contributed by atoms with Crippen LogP contribution in [0.3, 0.4) is 0 Å². The Morgan fingerprint density at radius 2 is 2.19 bits per heavy atom. The van der Waals surface area contributed by atoms with Gasteiger partial charge in [-0.3, -0.25) is 9.59 Å². The van der Waals surface area contributed by atoms with E-state index in [0.29, 0.717) is 18.7 Å². The van der Waals surface area contributed by atoms with Crippen molar-refractivity contribution in [2.45, 2.75) is 25.0 Å². The van der Waals surface area contributed by atoms with E-state index in [4.69, 9.17) is 10.5 Å². The molecule has 1 aliphatic heterocycles. The van der Waals surface area contributed by atoms with E-state index >= 15 is 0 Å². The number of carbonyl (C=O) groups is 2. The Morgan fingerprint density at radius 1 is 1.38 bits per heavy atom. The summed E-state index contributed by atoms with van der Waals surface area (Å²) in [6.45, 7) is 0.187. The molecule has 0 aromatic heterocycles.